The van der Waals surface area contributed by atoms with Crippen molar-refractivity contribution < 1.29 is 21.6 Å². The van der Waals surface area contributed by atoms with Crippen LogP contribution in [0.1, 0.15) is 11.1 Å². The highest BCUT2D eigenvalue weighted by Crippen LogP contribution is 2.30. The summed E-state index contributed by atoms with van der Waals surface area (Å²) < 4.78 is 65.9. The summed E-state index contributed by atoms with van der Waals surface area (Å²) in [5, 5.41) is 2.96. The Bertz CT molecular complexity index is 1360. The highest BCUT2D eigenvalue weighted by molar-refractivity contribution is 7.89. The molecule has 0 saturated heterocycles. The third-order valence-corrected chi connectivity index (χ3v) is 6.22. The van der Waals surface area contributed by atoms with Crippen LogP contribution in [0.5, 0.6) is 0 Å². The van der Waals surface area contributed by atoms with Gasteiger partial charge in [0.25, 0.3) is 0 Å². The van der Waals surface area contributed by atoms with Crippen molar-refractivity contribution in [2.45, 2.75) is 17.6 Å². The van der Waals surface area contributed by atoms with Gasteiger partial charge in [0.2, 0.25) is 16.0 Å². The lowest BCUT2D eigenvalue weighted by molar-refractivity contribution is -0.137. The number of hydrogen-bond donors (Lipinski definition) is 2. The van der Waals surface area contributed by atoms with Crippen molar-refractivity contribution in [3.63, 3.8) is 0 Å². The smallest absolute Gasteiger partial charge is 0.324 e. The zero-order chi connectivity index (χ0) is 24.2. The largest absolute Gasteiger partial charge is 0.416 e. The maximum absolute atomic E-state index is 12.8. The molecule has 0 atom stereocenters. The fraction of sp³-hybridized carbons (Fsp3) is 0.0870. The third-order valence-electron chi connectivity index (χ3n) is 4.80. The summed E-state index contributed by atoms with van der Waals surface area (Å²) in [4.78, 5) is 12.4. The average Bonchev–Trinajstić information content (AvgIpc) is 2.84. The fourth-order valence-electron chi connectivity index (χ4n) is 3.02. The predicted molar refractivity (Wildman–Crippen MR) is 120 cm³/mol. The summed E-state index contributed by atoms with van der Waals surface area (Å²) in [5.41, 5.74) is 1.51. The van der Waals surface area contributed by atoms with Gasteiger partial charge in [-0.15, -0.1) is 0 Å². The van der Waals surface area contributed by atoms with Crippen LogP contribution in [0.3, 0.4) is 0 Å². The van der Waals surface area contributed by atoms with Gasteiger partial charge >= 0.3 is 6.18 Å². The molecule has 2 N–H and O–H groups in total. The molecule has 0 saturated carbocycles. The van der Waals surface area contributed by atoms with Gasteiger partial charge in [0.05, 0.1) is 16.2 Å². The van der Waals surface area contributed by atoms with Crippen LogP contribution in [0.4, 0.5) is 24.8 Å². The van der Waals surface area contributed by atoms with Crippen LogP contribution in [0.2, 0.25) is 0 Å². The van der Waals surface area contributed by atoms with Gasteiger partial charge in [0.15, 0.2) is 0 Å². The van der Waals surface area contributed by atoms with Crippen molar-refractivity contribution in [2.75, 3.05) is 5.32 Å². The second kappa shape index (κ2) is 9.57. The number of nitrogens with one attached hydrogen (secondary N) is 2. The maximum atomic E-state index is 12.8. The van der Waals surface area contributed by atoms with E-state index in [1.54, 1.807) is 42.7 Å². The predicted octanol–water partition coefficient (Wildman–Crippen LogP) is 4.78. The van der Waals surface area contributed by atoms with Crippen molar-refractivity contribution in [1.29, 1.82) is 0 Å². The Balaban J connectivity index is 1.44. The van der Waals surface area contributed by atoms with Crippen LogP contribution in [0.25, 0.3) is 11.3 Å². The second-order valence-corrected chi connectivity index (χ2v) is 8.94. The van der Waals surface area contributed by atoms with Gasteiger partial charge in [0.1, 0.15) is 0 Å². The van der Waals surface area contributed by atoms with Gasteiger partial charge in [-0.1, -0.05) is 12.1 Å². The normalized spacial score (nSPS) is 11.9. The molecule has 0 radical (unpaired) electrons. The Labute approximate surface area is 193 Å². The van der Waals surface area contributed by atoms with Gasteiger partial charge in [0, 0.05) is 36.4 Å². The van der Waals surface area contributed by atoms with E-state index >= 15 is 0 Å². The highest BCUT2D eigenvalue weighted by atomic mass is 32.2. The Morgan fingerprint density at radius 2 is 1.50 bits per heavy atom. The van der Waals surface area contributed by atoms with Gasteiger partial charge in [-0.25, -0.2) is 23.1 Å². The van der Waals surface area contributed by atoms with Gasteiger partial charge in [-0.3, -0.25) is 4.98 Å². The van der Waals surface area contributed by atoms with E-state index in [0.717, 1.165) is 17.7 Å². The molecule has 174 valence electrons. The fourth-order valence-corrected chi connectivity index (χ4v) is 4.04. The van der Waals surface area contributed by atoms with Crippen LogP contribution >= 0.6 is 0 Å². The Morgan fingerprint density at radius 1 is 0.824 bits per heavy atom. The minimum absolute atomic E-state index is 0.0894. The highest BCUT2D eigenvalue weighted by Gasteiger charge is 2.30. The quantitative estimate of drug-likeness (QED) is 0.391. The number of rotatable bonds is 7. The maximum Gasteiger partial charge on any atom is 0.416 e. The number of halogens is 3. The molecule has 0 aliphatic heterocycles. The summed E-state index contributed by atoms with van der Waals surface area (Å²) in [6.45, 7) is 0.134. The molecule has 4 aromatic rings. The van der Waals surface area contributed by atoms with Gasteiger partial charge in [-0.2, -0.15) is 13.2 Å². The minimum atomic E-state index is -4.41. The van der Waals surface area contributed by atoms with E-state index in [2.05, 4.69) is 25.0 Å². The molecule has 2 aromatic heterocycles. The molecule has 0 unspecified atom stereocenters. The molecule has 4 rings (SSSR count). The molecule has 11 heteroatoms. The lowest BCUT2D eigenvalue weighted by Gasteiger charge is -2.10. The van der Waals surface area contributed by atoms with Crippen LogP contribution < -0.4 is 10.0 Å². The summed E-state index contributed by atoms with van der Waals surface area (Å²) in [7, 11) is -3.71. The summed E-state index contributed by atoms with van der Waals surface area (Å²) in [5.74, 6) is 0.212. The molecular weight excluding hydrogens is 467 g/mol. The first-order chi connectivity index (χ1) is 16.2. The second-order valence-electron chi connectivity index (χ2n) is 7.17. The number of aromatic nitrogens is 3. The molecule has 0 aliphatic carbocycles. The molecule has 0 bridgehead atoms. The number of pyridine rings is 1. The first-order valence-electron chi connectivity index (χ1n) is 9.97. The molecule has 2 aromatic carbocycles. The van der Waals surface area contributed by atoms with Crippen molar-refractivity contribution in [3.8, 4) is 11.3 Å². The SMILES string of the molecule is O=S(=O)(NCc1ccncc1)c1ccc(Nc2nccc(-c3ccc(C(F)(F)F)cc3)n2)cc1. The first kappa shape index (κ1) is 23.3. The Kier molecular flexibility index (Phi) is 6.57. The number of sulfonamides is 1. The van der Waals surface area contributed by atoms with E-state index in [9.17, 15) is 21.6 Å². The molecule has 2 heterocycles. The average molecular weight is 485 g/mol. The number of hydrogen-bond acceptors (Lipinski definition) is 6. The van der Waals surface area contributed by atoms with E-state index in [1.807, 2.05) is 0 Å². The van der Waals surface area contributed by atoms with Crippen LogP contribution in [0, 0.1) is 0 Å². The van der Waals surface area contributed by atoms with Crippen molar-refractivity contribution >= 4 is 21.7 Å². The Hall–Kier alpha value is -3.83. The number of nitrogens with zero attached hydrogens (tertiary/aromatic N) is 3. The zero-order valence-electron chi connectivity index (χ0n) is 17.5. The van der Waals surface area contributed by atoms with Crippen LogP contribution in [0.15, 0.2) is 90.2 Å². The van der Waals surface area contributed by atoms with E-state index in [4.69, 9.17) is 0 Å². The van der Waals surface area contributed by atoms with E-state index in [-0.39, 0.29) is 17.4 Å². The van der Waals surface area contributed by atoms with Crippen molar-refractivity contribution in [2.24, 2.45) is 0 Å². The molecule has 7 nitrogen and oxygen atoms in total. The molecule has 0 spiro atoms. The summed E-state index contributed by atoms with van der Waals surface area (Å²) in [6.07, 6.45) is 0.229. The Morgan fingerprint density at radius 3 is 2.15 bits per heavy atom. The number of alkyl halides is 3. The lowest BCUT2D eigenvalue weighted by Crippen LogP contribution is -2.23. The summed E-state index contributed by atoms with van der Waals surface area (Å²) in [6, 6.07) is 15.7. The zero-order valence-corrected chi connectivity index (χ0v) is 18.3. The molecule has 0 amide bonds. The van der Waals surface area contributed by atoms with E-state index in [0.29, 0.717) is 16.9 Å². The molecule has 34 heavy (non-hydrogen) atoms. The standard InChI is InChI=1S/C23H18F3N5O2S/c24-23(25,26)18-3-1-17(2-4-18)21-11-14-28-22(31-21)30-19-5-7-20(8-6-19)34(32,33)29-15-16-9-12-27-13-10-16/h1-14,29H,15H2,(H,28,30,31). The number of benzene rings is 2. The topological polar surface area (TPSA) is 96.9 Å². The van der Waals surface area contributed by atoms with Gasteiger partial charge in [-0.05, 0) is 60.2 Å². The van der Waals surface area contributed by atoms with Crippen LogP contribution in [-0.4, -0.2) is 23.4 Å². The van der Waals surface area contributed by atoms with Crippen LogP contribution in [-0.2, 0) is 22.7 Å². The third kappa shape index (κ3) is 5.74. The van der Waals surface area contributed by atoms with Crippen molar-refractivity contribution in [1.82, 2.24) is 19.7 Å². The lowest BCUT2D eigenvalue weighted by atomic mass is 10.1. The molecular formula is C23H18F3N5O2S. The first-order valence-corrected chi connectivity index (χ1v) is 11.5. The van der Waals surface area contributed by atoms with E-state index < -0.39 is 21.8 Å². The molecule has 0 aliphatic rings. The van der Waals surface area contributed by atoms with Crippen molar-refractivity contribution in [3.05, 3.63) is 96.4 Å². The van der Waals surface area contributed by atoms with Gasteiger partial charge < -0.3 is 5.32 Å². The summed E-state index contributed by atoms with van der Waals surface area (Å²) >= 11 is 0. The minimum Gasteiger partial charge on any atom is -0.324 e. The monoisotopic (exact) mass is 485 g/mol. The molecule has 0 fully saturated rings. The number of anilines is 2. The van der Waals surface area contributed by atoms with E-state index in [1.165, 1.54) is 30.5 Å².